The molecule has 1 aliphatic rings. The van der Waals surface area contributed by atoms with Gasteiger partial charge in [-0.1, -0.05) is 37.3 Å². The summed E-state index contributed by atoms with van der Waals surface area (Å²) in [6.07, 6.45) is 3.50. The molecule has 0 amide bonds. The first kappa shape index (κ1) is 16.5. The van der Waals surface area contributed by atoms with Crippen LogP contribution in [-0.2, 0) is 14.8 Å². The second kappa shape index (κ2) is 7.92. The third-order valence-electron chi connectivity index (χ3n) is 3.91. The van der Waals surface area contributed by atoms with Crippen molar-refractivity contribution in [3.63, 3.8) is 0 Å². The number of benzene rings is 1. The molecule has 0 aliphatic carbocycles. The highest BCUT2D eigenvalue weighted by atomic mass is 32.2. The van der Waals surface area contributed by atoms with Crippen molar-refractivity contribution in [1.29, 1.82) is 0 Å². The van der Waals surface area contributed by atoms with Crippen molar-refractivity contribution in [1.82, 2.24) is 4.72 Å². The number of nitrogens with one attached hydrogen (secondary N) is 1. The molecule has 1 aliphatic heterocycles. The van der Waals surface area contributed by atoms with E-state index >= 15 is 0 Å². The summed E-state index contributed by atoms with van der Waals surface area (Å²) >= 11 is 0. The fourth-order valence-corrected chi connectivity index (χ4v) is 4.12. The lowest BCUT2D eigenvalue weighted by atomic mass is 9.90. The summed E-state index contributed by atoms with van der Waals surface area (Å²) in [4.78, 5) is 0. The smallest absolute Gasteiger partial charge is 0.212 e. The summed E-state index contributed by atoms with van der Waals surface area (Å²) in [5.41, 5.74) is 1.05. The molecule has 1 fully saturated rings. The van der Waals surface area contributed by atoms with Crippen molar-refractivity contribution < 1.29 is 13.2 Å². The van der Waals surface area contributed by atoms with Gasteiger partial charge in [-0.25, -0.2) is 13.1 Å². The minimum atomic E-state index is -3.21. The molecule has 4 nitrogen and oxygen atoms in total. The molecule has 1 heterocycles. The highest BCUT2D eigenvalue weighted by Crippen LogP contribution is 2.28. The van der Waals surface area contributed by atoms with E-state index in [1.165, 1.54) is 0 Å². The van der Waals surface area contributed by atoms with Gasteiger partial charge in [0.25, 0.3) is 0 Å². The fourth-order valence-electron chi connectivity index (χ4n) is 2.80. The number of rotatable bonds is 7. The Morgan fingerprint density at radius 1 is 1.24 bits per heavy atom. The van der Waals surface area contributed by atoms with Crippen LogP contribution in [0.5, 0.6) is 0 Å². The molecule has 1 N–H and O–H groups in total. The average molecular weight is 311 g/mol. The summed E-state index contributed by atoms with van der Waals surface area (Å²) in [5.74, 6) is 0.706. The van der Waals surface area contributed by atoms with Gasteiger partial charge in [0.05, 0.1) is 5.75 Å². The highest BCUT2D eigenvalue weighted by Gasteiger charge is 2.24. The van der Waals surface area contributed by atoms with E-state index in [4.69, 9.17) is 4.74 Å². The van der Waals surface area contributed by atoms with E-state index in [1.807, 2.05) is 37.3 Å². The van der Waals surface area contributed by atoms with Crippen LogP contribution in [0.15, 0.2) is 30.3 Å². The summed E-state index contributed by atoms with van der Waals surface area (Å²) in [6.45, 7) is 3.46. The van der Waals surface area contributed by atoms with Gasteiger partial charge < -0.3 is 4.74 Å². The van der Waals surface area contributed by atoms with Gasteiger partial charge in [-0.2, -0.15) is 0 Å². The maximum atomic E-state index is 12.1. The Morgan fingerprint density at radius 3 is 2.52 bits per heavy atom. The van der Waals surface area contributed by atoms with Crippen LogP contribution in [0.25, 0.3) is 0 Å². The number of hydrogen-bond acceptors (Lipinski definition) is 3. The van der Waals surface area contributed by atoms with E-state index in [0.717, 1.165) is 38.0 Å². The lowest BCUT2D eigenvalue weighted by molar-refractivity contribution is 0.0613. The van der Waals surface area contributed by atoms with Gasteiger partial charge in [-0.15, -0.1) is 0 Å². The lowest BCUT2D eigenvalue weighted by Crippen LogP contribution is -2.32. The Balaban J connectivity index is 2.10. The van der Waals surface area contributed by atoms with Gasteiger partial charge in [0.2, 0.25) is 10.0 Å². The van der Waals surface area contributed by atoms with E-state index in [2.05, 4.69) is 4.72 Å². The third kappa shape index (κ3) is 5.41. The number of hydrogen-bond donors (Lipinski definition) is 1. The van der Waals surface area contributed by atoms with Crippen LogP contribution in [0.1, 0.15) is 44.2 Å². The van der Waals surface area contributed by atoms with Crippen molar-refractivity contribution in [2.75, 3.05) is 19.0 Å². The average Bonchev–Trinajstić information content (AvgIpc) is 2.48. The molecule has 1 aromatic rings. The van der Waals surface area contributed by atoms with E-state index < -0.39 is 10.0 Å². The van der Waals surface area contributed by atoms with Crippen molar-refractivity contribution in [3.8, 4) is 0 Å². The molecule has 1 atom stereocenters. The van der Waals surface area contributed by atoms with E-state index in [9.17, 15) is 8.42 Å². The maximum Gasteiger partial charge on any atom is 0.212 e. The standard InChI is InChI=1S/C16H25NO3S/c1-2-12-21(18,19)17-16(15-6-4-3-5-7-15)13-14-8-10-20-11-9-14/h3-7,14,16-17H,2,8-13H2,1H3. The zero-order valence-corrected chi connectivity index (χ0v) is 13.4. The Bertz CT molecular complexity index is 510. The molecule has 0 radical (unpaired) electrons. The molecule has 2 rings (SSSR count). The lowest BCUT2D eigenvalue weighted by Gasteiger charge is -2.27. The van der Waals surface area contributed by atoms with Crippen molar-refractivity contribution in [2.45, 2.75) is 38.6 Å². The summed E-state index contributed by atoms with van der Waals surface area (Å²) in [7, 11) is -3.21. The third-order valence-corrected chi connectivity index (χ3v) is 5.50. The molecule has 1 saturated heterocycles. The van der Waals surface area contributed by atoms with Crippen molar-refractivity contribution in [3.05, 3.63) is 35.9 Å². The Hall–Kier alpha value is -0.910. The molecule has 21 heavy (non-hydrogen) atoms. The molecule has 1 aromatic carbocycles. The normalized spacial score (nSPS) is 18.5. The second-order valence-electron chi connectivity index (χ2n) is 5.69. The van der Waals surface area contributed by atoms with Gasteiger partial charge in [-0.05, 0) is 37.2 Å². The van der Waals surface area contributed by atoms with Gasteiger partial charge >= 0.3 is 0 Å². The highest BCUT2D eigenvalue weighted by molar-refractivity contribution is 7.89. The van der Waals surface area contributed by atoms with Crippen LogP contribution in [0.3, 0.4) is 0 Å². The number of ether oxygens (including phenoxy) is 1. The topological polar surface area (TPSA) is 55.4 Å². The molecular weight excluding hydrogens is 286 g/mol. The minimum Gasteiger partial charge on any atom is -0.381 e. The second-order valence-corrected chi connectivity index (χ2v) is 7.56. The quantitative estimate of drug-likeness (QED) is 0.842. The Labute approximate surface area is 127 Å². The van der Waals surface area contributed by atoms with Gasteiger partial charge in [0.15, 0.2) is 0 Å². The molecule has 5 heteroatoms. The molecule has 0 saturated carbocycles. The van der Waals surface area contributed by atoms with Gasteiger partial charge in [-0.3, -0.25) is 0 Å². The summed E-state index contributed by atoms with van der Waals surface area (Å²) in [5, 5.41) is 0. The SMILES string of the molecule is CCCS(=O)(=O)NC(CC1CCOCC1)c1ccccc1. The molecule has 0 aromatic heterocycles. The summed E-state index contributed by atoms with van der Waals surface area (Å²) in [6, 6.07) is 9.73. The zero-order chi connectivity index (χ0) is 15.1. The summed E-state index contributed by atoms with van der Waals surface area (Å²) < 4.78 is 32.5. The Kier molecular flexibility index (Phi) is 6.21. The minimum absolute atomic E-state index is 0.133. The molecular formula is C16H25NO3S. The van der Waals surface area contributed by atoms with Crippen molar-refractivity contribution >= 4 is 10.0 Å². The van der Waals surface area contributed by atoms with Crippen molar-refractivity contribution in [2.24, 2.45) is 5.92 Å². The molecule has 118 valence electrons. The zero-order valence-electron chi connectivity index (χ0n) is 12.6. The molecule has 1 unspecified atom stereocenters. The van der Waals surface area contributed by atoms with Crippen LogP contribution in [0.4, 0.5) is 0 Å². The van der Waals surface area contributed by atoms with Crippen LogP contribution >= 0.6 is 0 Å². The predicted octanol–water partition coefficient (Wildman–Crippen LogP) is 2.87. The first-order valence-corrected chi connectivity index (χ1v) is 9.38. The number of sulfonamides is 1. The fraction of sp³-hybridized carbons (Fsp3) is 0.625. The Morgan fingerprint density at radius 2 is 1.90 bits per heavy atom. The first-order valence-electron chi connectivity index (χ1n) is 7.73. The van der Waals surface area contributed by atoms with E-state index in [-0.39, 0.29) is 11.8 Å². The monoisotopic (exact) mass is 311 g/mol. The van der Waals surface area contributed by atoms with E-state index in [1.54, 1.807) is 0 Å². The van der Waals surface area contributed by atoms with E-state index in [0.29, 0.717) is 12.3 Å². The first-order chi connectivity index (χ1) is 10.1. The van der Waals surface area contributed by atoms with Gasteiger partial charge in [0.1, 0.15) is 0 Å². The predicted molar refractivity (Wildman–Crippen MR) is 84.6 cm³/mol. The van der Waals surface area contributed by atoms with Crippen LogP contribution in [-0.4, -0.2) is 27.4 Å². The molecule has 0 bridgehead atoms. The van der Waals surface area contributed by atoms with Crippen LogP contribution < -0.4 is 4.72 Å². The largest absolute Gasteiger partial charge is 0.381 e. The van der Waals surface area contributed by atoms with Gasteiger partial charge in [0, 0.05) is 19.3 Å². The van der Waals surface area contributed by atoms with Crippen LogP contribution in [0.2, 0.25) is 0 Å². The van der Waals surface area contributed by atoms with Crippen LogP contribution in [0, 0.1) is 5.92 Å². The maximum absolute atomic E-state index is 12.1. The molecule has 0 spiro atoms.